The number of allylic oxidation sites excluding steroid dienone is 1. The van der Waals surface area contributed by atoms with E-state index in [0.29, 0.717) is 12.1 Å². The van der Waals surface area contributed by atoms with Gasteiger partial charge in [-0.25, -0.2) is 0 Å². The molecule has 0 amide bonds. The third-order valence-electron chi connectivity index (χ3n) is 3.11. The van der Waals surface area contributed by atoms with Crippen molar-refractivity contribution in [2.75, 3.05) is 0 Å². The van der Waals surface area contributed by atoms with Crippen LogP contribution >= 0.6 is 0 Å². The highest BCUT2D eigenvalue weighted by molar-refractivity contribution is 6.12. The van der Waals surface area contributed by atoms with Crippen molar-refractivity contribution in [3.63, 3.8) is 0 Å². The van der Waals surface area contributed by atoms with Crippen LogP contribution in [-0.4, -0.2) is 16.6 Å². The topological polar surface area (TPSA) is 49.9 Å². The Labute approximate surface area is 87.2 Å². The number of carbonyl (C=O) groups excluding carboxylic acids is 2. The standard InChI is InChI=1S/C12H11NO2/c14-7-5-9-8-3-1-2-4-10(8)13-12(9)11(15)6-7/h2,4,13H,1,3,5-6H2. The fourth-order valence-electron chi connectivity index (χ4n) is 2.42. The zero-order valence-electron chi connectivity index (χ0n) is 8.30. The van der Waals surface area contributed by atoms with Crippen molar-refractivity contribution in [3.8, 4) is 0 Å². The molecule has 0 bridgehead atoms. The smallest absolute Gasteiger partial charge is 0.186 e. The molecule has 15 heavy (non-hydrogen) atoms. The Hall–Kier alpha value is -1.64. The summed E-state index contributed by atoms with van der Waals surface area (Å²) in [6, 6.07) is 0. The number of hydrogen-bond donors (Lipinski definition) is 1. The number of aromatic amines is 1. The van der Waals surface area contributed by atoms with E-state index >= 15 is 0 Å². The maximum absolute atomic E-state index is 11.6. The summed E-state index contributed by atoms with van der Waals surface area (Å²) < 4.78 is 0. The molecule has 0 saturated carbocycles. The van der Waals surface area contributed by atoms with Gasteiger partial charge >= 0.3 is 0 Å². The van der Waals surface area contributed by atoms with Crippen molar-refractivity contribution in [2.24, 2.45) is 0 Å². The van der Waals surface area contributed by atoms with Crippen LogP contribution in [0.2, 0.25) is 0 Å². The lowest BCUT2D eigenvalue weighted by Crippen LogP contribution is -2.19. The molecule has 0 atom stereocenters. The van der Waals surface area contributed by atoms with Gasteiger partial charge in [0, 0.05) is 12.1 Å². The third kappa shape index (κ3) is 1.19. The summed E-state index contributed by atoms with van der Waals surface area (Å²) in [5.41, 5.74) is 3.82. The second kappa shape index (κ2) is 2.92. The van der Waals surface area contributed by atoms with Gasteiger partial charge in [-0.1, -0.05) is 6.08 Å². The molecule has 1 aromatic rings. The van der Waals surface area contributed by atoms with Gasteiger partial charge in [0.25, 0.3) is 0 Å². The summed E-state index contributed by atoms with van der Waals surface area (Å²) in [7, 11) is 0. The summed E-state index contributed by atoms with van der Waals surface area (Å²) in [6.07, 6.45) is 6.54. The first-order valence-corrected chi connectivity index (χ1v) is 5.21. The summed E-state index contributed by atoms with van der Waals surface area (Å²) in [5, 5.41) is 0. The normalized spacial score (nSPS) is 18.9. The van der Waals surface area contributed by atoms with Crippen molar-refractivity contribution in [1.82, 2.24) is 4.98 Å². The van der Waals surface area contributed by atoms with E-state index in [2.05, 4.69) is 11.1 Å². The lowest BCUT2D eigenvalue weighted by Gasteiger charge is -2.11. The van der Waals surface area contributed by atoms with Gasteiger partial charge in [-0.3, -0.25) is 9.59 Å². The molecule has 3 rings (SSSR count). The van der Waals surface area contributed by atoms with Crippen molar-refractivity contribution in [1.29, 1.82) is 0 Å². The van der Waals surface area contributed by atoms with Gasteiger partial charge in [0.2, 0.25) is 0 Å². The van der Waals surface area contributed by atoms with Gasteiger partial charge in [-0.05, 0) is 30.0 Å². The van der Waals surface area contributed by atoms with E-state index in [-0.39, 0.29) is 18.0 Å². The first-order valence-electron chi connectivity index (χ1n) is 5.21. The van der Waals surface area contributed by atoms with Crippen LogP contribution in [0.3, 0.4) is 0 Å². The van der Waals surface area contributed by atoms with Gasteiger partial charge < -0.3 is 4.98 Å². The Kier molecular flexibility index (Phi) is 1.69. The number of hydrogen-bond acceptors (Lipinski definition) is 2. The Morgan fingerprint density at radius 2 is 2.00 bits per heavy atom. The monoisotopic (exact) mass is 201 g/mol. The van der Waals surface area contributed by atoms with E-state index in [9.17, 15) is 9.59 Å². The number of rotatable bonds is 0. The Morgan fingerprint density at radius 1 is 1.13 bits per heavy atom. The lowest BCUT2D eigenvalue weighted by molar-refractivity contribution is -0.117. The second-order valence-electron chi connectivity index (χ2n) is 4.13. The SMILES string of the molecule is O=C1CC(=O)c2[nH]c3c(c2C1)CCC=C3. The van der Waals surface area contributed by atoms with Crippen LogP contribution in [0, 0.1) is 0 Å². The number of Topliss-reactive ketones (excluding diaryl/α,β-unsaturated/α-hetero) is 2. The molecule has 2 aliphatic carbocycles. The highest BCUT2D eigenvalue weighted by Gasteiger charge is 2.28. The van der Waals surface area contributed by atoms with Crippen LogP contribution in [0.25, 0.3) is 6.08 Å². The van der Waals surface area contributed by atoms with Crippen LogP contribution < -0.4 is 0 Å². The van der Waals surface area contributed by atoms with Crippen LogP contribution in [-0.2, 0) is 17.6 Å². The highest BCUT2D eigenvalue weighted by Crippen LogP contribution is 2.29. The number of H-pyrrole nitrogens is 1. The fourth-order valence-corrected chi connectivity index (χ4v) is 2.42. The molecule has 0 saturated heterocycles. The van der Waals surface area contributed by atoms with Crippen molar-refractivity contribution in [3.05, 3.63) is 28.6 Å². The Bertz CT molecular complexity index is 494. The van der Waals surface area contributed by atoms with E-state index in [1.54, 1.807) is 0 Å². The van der Waals surface area contributed by atoms with Crippen LogP contribution in [0.15, 0.2) is 6.08 Å². The predicted molar refractivity (Wildman–Crippen MR) is 55.8 cm³/mol. The third-order valence-corrected chi connectivity index (χ3v) is 3.11. The number of nitrogens with one attached hydrogen (secondary N) is 1. The molecule has 2 aliphatic rings. The second-order valence-corrected chi connectivity index (χ2v) is 4.13. The fraction of sp³-hybridized carbons (Fsp3) is 0.333. The first-order chi connectivity index (χ1) is 7.25. The van der Waals surface area contributed by atoms with Gasteiger partial charge in [0.15, 0.2) is 5.78 Å². The molecule has 1 N–H and O–H groups in total. The summed E-state index contributed by atoms with van der Waals surface area (Å²) in [6.45, 7) is 0. The van der Waals surface area contributed by atoms with E-state index in [1.165, 1.54) is 5.56 Å². The minimum atomic E-state index is -0.0518. The first kappa shape index (κ1) is 8.65. The summed E-state index contributed by atoms with van der Waals surface area (Å²) in [4.78, 5) is 26.1. The van der Waals surface area contributed by atoms with E-state index in [4.69, 9.17) is 0 Å². The molecule has 0 radical (unpaired) electrons. The van der Waals surface area contributed by atoms with Gasteiger partial charge in [-0.15, -0.1) is 0 Å². The Balaban J connectivity index is 2.21. The zero-order valence-corrected chi connectivity index (χ0v) is 8.30. The maximum atomic E-state index is 11.6. The summed E-state index contributed by atoms with van der Waals surface area (Å²) in [5.74, 6) is -0.00657. The quantitative estimate of drug-likeness (QED) is 0.649. The van der Waals surface area contributed by atoms with Crippen molar-refractivity contribution in [2.45, 2.75) is 25.7 Å². The zero-order chi connectivity index (χ0) is 10.4. The number of aromatic nitrogens is 1. The highest BCUT2D eigenvalue weighted by atomic mass is 16.1. The summed E-state index contributed by atoms with van der Waals surface area (Å²) >= 11 is 0. The molecule has 3 heteroatoms. The predicted octanol–water partition coefficient (Wildman–Crippen LogP) is 1.67. The van der Waals surface area contributed by atoms with Crippen LogP contribution in [0.5, 0.6) is 0 Å². The van der Waals surface area contributed by atoms with Gasteiger partial charge in [0.1, 0.15) is 5.78 Å². The van der Waals surface area contributed by atoms with Crippen molar-refractivity contribution < 1.29 is 9.59 Å². The number of carbonyl (C=O) groups is 2. The molecule has 0 spiro atoms. The molecule has 0 fully saturated rings. The molecule has 0 aromatic carbocycles. The van der Waals surface area contributed by atoms with Crippen molar-refractivity contribution >= 4 is 17.6 Å². The molecule has 76 valence electrons. The molecule has 0 aliphatic heterocycles. The van der Waals surface area contributed by atoms with Gasteiger partial charge in [-0.2, -0.15) is 0 Å². The Morgan fingerprint density at radius 3 is 2.87 bits per heavy atom. The molecule has 3 nitrogen and oxygen atoms in total. The van der Waals surface area contributed by atoms with Crippen LogP contribution in [0.4, 0.5) is 0 Å². The number of ketones is 2. The van der Waals surface area contributed by atoms with E-state index in [1.807, 2.05) is 6.08 Å². The minimum absolute atomic E-state index is 0.0452. The molecule has 1 heterocycles. The molecule has 1 aromatic heterocycles. The van der Waals surface area contributed by atoms with Crippen LogP contribution in [0.1, 0.15) is 40.2 Å². The largest absolute Gasteiger partial charge is 0.352 e. The molecule has 0 unspecified atom stereocenters. The molecular formula is C12H11NO2. The van der Waals surface area contributed by atoms with E-state index in [0.717, 1.165) is 24.1 Å². The lowest BCUT2D eigenvalue weighted by atomic mass is 9.90. The number of fused-ring (bicyclic) bond motifs is 3. The average Bonchev–Trinajstić information content (AvgIpc) is 2.57. The molecular weight excluding hydrogens is 190 g/mol. The average molecular weight is 201 g/mol. The maximum Gasteiger partial charge on any atom is 0.186 e. The van der Waals surface area contributed by atoms with Gasteiger partial charge in [0.05, 0.1) is 12.1 Å². The van der Waals surface area contributed by atoms with E-state index < -0.39 is 0 Å². The minimum Gasteiger partial charge on any atom is -0.352 e.